The van der Waals surface area contributed by atoms with Crippen molar-refractivity contribution in [1.29, 1.82) is 0 Å². The Bertz CT molecular complexity index is 981. The maximum absolute atomic E-state index is 12.8. The van der Waals surface area contributed by atoms with E-state index in [4.69, 9.17) is 9.47 Å². The minimum absolute atomic E-state index is 0.112. The van der Waals surface area contributed by atoms with Gasteiger partial charge in [-0.05, 0) is 30.9 Å². The number of imidazole rings is 1. The number of carbonyl (C=O) groups excluding carboxylic acids is 1. The zero-order valence-corrected chi connectivity index (χ0v) is 16.7. The molecule has 0 aliphatic carbocycles. The highest BCUT2D eigenvalue weighted by molar-refractivity contribution is 5.90. The summed E-state index contributed by atoms with van der Waals surface area (Å²) in [5.41, 5.74) is 2.43. The number of fused-ring (bicyclic) bond motifs is 1. The van der Waals surface area contributed by atoms with Crippen LogP contribution < -0.4 is 14.8 Å². The van der Waals surface area contributed by atoms with E-state index in [1.807, 2.05) is 23.4 Å². The molecule has 1 atom stereocenters. The molecule has 1 aliphatic heterocycles. The van der Waals surface area contributed by atoms with Crippen molar-refractivity contribution in [3.8, 4) is 11.5 Å². The Hall–Kier alpha value is -3.29. The van der Waals surface area contributed by atoms with Crippen LogP contribution in [-0.4, -0.2) is 52.8 Å². The molecule has 0 bridgehead atoms. The fourth-order valence-corrected chi connectivity index (χ4v) is 3.79. The first-order valence-corrected chi connectivity index (χ1v) is 9.71. The van der Waals surface area contributed by atoms with Crippen molar-refractivity contribution in [3.63, 3.8) is 0 Å². The van der Waals surface area contributed by atoms with E-state index in [2.05, 4.69) is 19.9 Å². The van der Waals surface area contributed by atoms with E-state index in [1.54, 1.807) is 38.6 Å². The first kappa shape index (κ1) is 19.0. The number of rotatable bonds is 5. The van der Waals surface area contributed by atoms with Gasteiger partial charge < -0.3 is 24.3 Å². The van der Waals surface area contributed by atoms with Crippen LogP contribution >= 0.6 is 0 Å². The molecular formula is C21H25N5O3. The fourth-order valence-electron chi connectivity index (χ4n) is 3.79. The molecule has 0 saturated carbocycles. The molecule has 0 spiro atoms. The Kier molecular flexibility index (Phi) is 5.50. The minimum Gasteiger partial charge on any atom is -0.497 e. The van der Waals surface area contributed by atoms with Crippen molar-refractivity contribution in [1.82, 2.24) is 19.4 Å². The molecule has 1 fully saturated rings. The molecule has 152 valence electrons. The SMILES string of the molecule is COc1cc(NC(=O)N2CCCC(Cn3cnc4cccnc43)C2)cc(OC)c1. The third kappa shape index (κ3) is 4.26. The second kappa shape index (κ2) is 8.38. The molecule has 2 amide bonds. The van der Waals surface area contributed by atoms with E-state index in [9.17, 15) is 4.79 Å². The summed E-state index contributed by atoms with van der Waals surface area (Å²) >= 11 is 0. The zero-order valence-electron chi connectivity index (χ0n) is 16.7. The number of hydrogen-bond donors (Lipinski definition) is 1. The predicted molar refractivity (Wildman–Crippen MR) is 110 cm³/mol. The van der Waals surface area contributed by atoms with Gasteiger partial charge >= 0.3 is 6.03 Å². The van der Waals surface area contributed by atoms with Gasteiger partial charge in [-0.15, -0.1) is 0 Å². The van der Waals surface area contributed by atoms with Gasteiger partial charge in [0, 0.05) is 49.7 Å². The number of likely N-dealkylation sites (tertiary alicyclic amines) is 1. The number of nitrogens with zero attached hydrogens (tertiary/aromatic N) is 4. The van der Waals surface area contributed by atoms with Crippen molar-refractivity contribution in [2.24, 2.45) is 5.92 Å². The van der Waals surface area contributed by atoms with Gasteiger partial charge in [-0.1, -0.05) is 0 Å². The summed E-state index contributed by atoms with van der Waals surface area (Å²) in [6, 6.07) is 9.08. The quantitative estimate of drug-likeness (QED) is 0.716. The van der Waals surface area contributed by atoms with E-state index in [-0.39, 0.29) is 6.03 Å². The third-order valence-corrected chi connectivity index (χ3v) is 5.24. The number of aromatic nitrogens is 3. The molecule has 4 rings (SSSR count). The monoisotopic (exact) mass is 395 g/mol. The van der Waals surface area contributed by atoms with E-state index in [0.717, 1.165) is 37.1 Å². The number of benzene rings is 1. The molecular weight excluding hydrogens is 370 g/mol. The van der Waals surface area contributed by atoms with Crippen molar-refractivity contribution in [2.45, 2.75) is 19.4 Å². The van der Waals surface area contributed by atoms with E-state index >= 15 is 0 Å². The van der Waals surface area contributed by atoms with Gasteiger partial charge in [0.15, 0.2) is 5.65 Å². The number of carbonyl (C=O) groups is 1. The standard InChI is InChI=1S/C21H25N5O3/c1-28-17-9-16(10-18(11-17)29-2)24-21(27)25-8-4-5-15(12-25)13-26-14-23-19-6-3-7-22-20(19)26/h3,6-7,9-11,14-15H,4-5,8,12-13H2,1-2H3,(H,24,27). The lowest BCUT2D eigenvalue weighted by Gasteiger charge is -2.33. The molecule has 1 aromatic carbocycles. The van der Waals surface area contributed by atoms with Gasteiger partial charge in [-0.2, -0.15) is 0 Å². The Balaban J connectivity index is 1.42. The second-order valence-electron chi connectivity index (χ2n) is 7.23. The number of amides is 2. The summed E-state index contributed by atoms with van der Waals surface area (Å²) in [7, 11) is 3.18. The lowest BCUT2D eigenvalue weighted by Crippen LogP contribution is -2.43. The van der Waals surface area contributed by atoms with E-state index in [0.29, 0.717) is 29.6 Å². The van der Waals surface area contributed by atoms with E-state index < -0.39 is 0 Å². The predicted octanol–water partition coefficient (Wildman–Crippen LogP) is 3.39. The Morgan fingerprint density at radius 1 is 1.21 bits per heavy atom. The van der Waals surface area contributed by atoms with Gasteiger partial charge in [0.25, 0.3) is 0 Å². The number of hydrogen-bond acceptors (Lipinski definition) is 5. The van der Waals surface area contributed by atoms with Crippen LogP contribution in [0.25, 0.3) is 11.2 Å². The van der Waals surface area contributed by atoms with Gasteiger partial charge in [0.1, 0.15) is 17.0 Å². The number of pyridine rings is 1. The Morgan fingerprint density at radius 3 is 2.76 bits per heavy atom. The Morgan fingerprint density at radius 2 is 2.00 bits per heavy atom. The average Bonchev–Trinajstić information content (AvgIpc) is 3.16. The maximum Gasteiger partial charge on any atom is 0.321 e. The largest absolute Gasteiger partial charge is 0.497 e. The number of ether oxygens (including phenoxy) is 2. The average molecular weight is 395 g/mol. The molecule has 29 heavy (non-hydrogen) atoms. The highest BCUT2D eigenvalue weighted by Crippen LogP contribution is 2.27. The second-order valence-corrected chi connectivity index (χ2v) is 7.23. The molecule has 3 heterocycles. The smallest absolute Gasteiger partial charge is 0.321 e. The zero-order chi connectivity index (χ0) is 20.2. The van der Waals surface area contributed by atoms with Crippen LogP contribution in [0.4, 0.5) is 10.5 Å². The molecule has 1 aliphatic rings. The lowest BCUT2D eigenvalue weighted by atomic mass is 9.98. The molecule has 3 aromatic rings. The summed E-state index contributed by atoms with van der Waals surface area (Å²) in [5, 5.41) is 2.97. The highest BCUT2D eigenvalue weighted by Gasteiger charge is 2.24. The van der Waals surface area contributed by atoms with Gasteiger partial charge in [0.05, 0.1) is 20.5 Å². The summed E-state index contributed by atoms with van der Waals surface area (Å²) < 4.78 is 12.6. The topological polar surface area (TPSA) is 81.5 Å². The van der Waals surface area contributed by atoms with Crippen LogP contribution in [0.3, 0.4) is 0 Å². The molecule has 8 heteroatoms. The number of anilines is 1. The van der Waals surface area contributed by atoms with Crippen LogP contribution in [0.1, 0.15) is 12.8 Å². The van der Waals surface area contributed by atoms with Crippen LogP contribution in [-0.2, 0) is 6.54 Å². The summed E-state index contributed by atoms with van der Waals surface area (Å²) in [4.78, 5) is 23.5. The normalized spacial score (nSPS) is 16.6. The molecule has 8 nitrogen and oxygen atoms in total. The van der Waals surface area contributed by atoms with Gasteiger partial charge in [-0.25, -0.2) is 14.8 Å². The number of nitrogens with one attached hydrogen (secondary N) is 1. The molecule has 1 unspecified atom stereocenters. The molecule has 1 N–H and O–H groups in total. The maximum atomic E-state index is 12.8. The van der Waals surface area contributed by atoms with Crippen LogP contribution in [0, 0.1) is 5.92 Å². The number of methoxy groups -OCH3 is 2. The van der Waals surface area contributed by atoms with Crippen molar-refractivity contribution < 1.29 is 14.3 Å². The summed E-state index contributed by atoms with van der Waals surface area (Å²) in [6.45, 7) is 2.23. The summed E-state index contributed by atoms with van der Waals surface area (Å²) in [5.74, 6) is 1.63. The lowest BCUT2D eigenvalue weighted by molar-refractivity contribution is 0.171. The Labute approximate surface area is 169 Å². The van der Waals surface area contributed by atoms with Crippen LogP contribution in [0.15, 0.2) is 42.9 Å². The highest BCUT2D eigenvalue weighted by atomic mass is 16.5. The van der Waals surface area contributed by atoms with Gasteiger partial charge in [0.2, 0.25) is 0 Å². The number of piperidine rings is 1. The van der Waals surface area contributed by atoms with Crippen molar-refractivity contribution in [3.05, 3.63) is 42.9 Å². The molecule has 1 saturated heterocycles. The minimum atomic E-state index is -0.112. The van der Waals surface area contributed by atoms with Gasteiger partial charge in [-0.3, -0.25) is 0 Å². The molecule has 2 aromatic heterocycles. The van der Waals surface area contributed by atoms with Crippen LogP contribution in [0.2, 0.25) is 0 Å². The third-order valence-electron chi connectivity index (χ3n) is 5.24. The van der Waals surface area contributed by atoms with Crippen molar-refractivity contribution >= 4 is 22.9 Å². The van der Waals surface area contributed by atoms with E-state index in [1.165, 1.54) is 0 Å². The first-order valence-electron chi connectivity index (χ1n) is 9.71. The molecule has 0 radical (unpaired) electrons. The first-order chi connectivity index (χ1) is 14.2. The van der Waals surface area contributed by atoms with Crippen molar-refractivity contribution in [2.75, 3.05) is 32.6 Å². The summed E-state index contributed by atoms with van der Waals surface area (Å²) in [6.07, 6.45) is 5.66. The fraction of sp³-hybridized carbons (Fsp3) is 0.381. The number of urea groups is 1. The van der Waals surface area contributed by atoms with Crippen LogP contribution in [0.5, 0.6) is 11.5 Å².